The van der Waals surface area contributed by atoms with Gasteiger partial charge < -0.3 is 20.2 Å². The molecular formula is C21H22N4O4. The van der Waals surface area contributed by atoms with Gasteiger partial charge >= 0.3 is 0 Å². The van der Waals surface area contributed by atoms with Gasteiger partial charge in [0.2, 0.25) is 0 Å². The van der Waals surface area contributed by atoms with Crippen LogP contribution in [-0.2, 0) is 26.0 Å². The fourth-order valence-electron chi connectivity index (χ4n) is 3.41. The lowest BCUT2D eigenvalue weighted by molar-refractivity contribution is 0.0992. The fourth-order valence-corrected chi connectivity index (χ4v) is 3.41. The Hall–Kier alpha value is -3.55. The molecule has 3 aromatic rings. The van der Waals surface area contributed by atoms with Crippen LogP contribution in [-0.4, -0.2) is 21.6 Å². The Morgan fingerprint density at radius 1 is 1.24 bits per heavy atom. The second kappa shape index (κ2) is 7.83. The van der Waals surface area contributed by atoms with Crippen molar-refractivity contribution in [1.29, 1.82) is 0 Å². The summed E-state index contributed by atoms with van der Waals surface area (Å²) in [5, 5.41) is 6.67. The molecule has 0 saturated carbocycles. The summed E-state index contributed by atoms with van der Waals surface area (Å²) in [6.07, 6.45) is 4.95. The third kappa shape index (κ3) is 4.01. The van der Waals surface area contributed by atoms with Crippen molar-refractivity contribution >= 4 is 17.5 Å². The number of hydrogen-bond donors (Lipinski definition) is 2. The molecule has 0 unspecified atom stereocenters. The zero-order valence-electron chi connectivity index (χ0n) is 16.1. The van der Waals surface area contributed by atoms with Crippen molar-refractivity contribution in [2.24, 2.45) is 5.73 Å². The van der Waals surface area contributed by atoms with E-state index < -0.39 is 11.8 Å². The zero-order valence-corrected chi connectivity index (χ0v) is 16.1. The highest BCUT2D eigenvalue weighted by molar-refractivity contribution is 6.06. The molecule has 1 aliphatic carbocycles. The van der Waals surface area contributed by atoms with E-state index in [1.54, 1.807) is 18.3 Å². The number of rotatable bonds is 7. The van der Waals surface area contributed by atoms with Crippen LogP contribution >= 0.6 is 0 Å². The number of fused-ring (bicyclic) bond motifs is 1. The van der Waals surface area contributed by atoms with Gasteiger partial charge in [-0.2, -0.15) is 5.10 Å². The minimum atomic E-state index is -0.713. The van der Waals surface area contributed by atoms with Crippen LogP contribution in [0.25, 0.3) is 0 Å². The third-order valence-corrected chi connectivity index (χ3v) is 4.90. The minimum absolute atomic E-state index is 0.00641. The molecule has 0 fully saturated rings. The molecule has 0 saturated heterocycles. The SMILES string of the molecule is CCn1cc(NC(=O)c2ccc(COc3ccc4c(c3)CCC4)o2)c(C(N)=O)n1. The molecule has 2 heterocycles. The summed E-state index contributed by atoms with van der Waals surface area (Å²) in [4.78, 5) is 24.0. The Morgan fingerprint density at radius 2 is 2.07 bits per heavy atom. The highest BCUT2D eigenvalue weighted by Crippen LogP contribution is 2.26. The van der Waals surface area contributed by atoms with E-state index in [1.165, 1.54) is 22.2 Å². The molecule has 150 valence electrons. The molecular weight excluding hydrogens is 372 g/mol. The Morgan fingerprint density at radius 3 is 2.86 bits per heavy atom. The number of amides is 2. The number of hydrogen-bond acceptors (Lipinski definition) is 5. The zero-order chi connectivity index (χ0) is 20.4. The average Bonchev–Trinajstić information content (AvgIpc) is 3.44. The van der Waals surface area contributed by atoms with Gasteiger partial charge in [0, 0.05) is 12.7 Å². The second-order valence-corrected chi connectivity index (χ2v) is 6.90. The molecule has 0 bridgehead atoms. The maximum Gasteiger partial charge on any atom is 0.291 e. The Bertz CT molecular complexity index is 1070. The smallest absolute Gasteiger partial charge is 0.291 e. The number of furan rings is 1. The molecule has 8 heteroatoms. The second-order valence-electron chi connectivity index (χ2n) is 6.90. The lowest BCUT2D eigenvalue weighted by atomic mass is 10.1. The summed E-state index contributed by atoms with van der Waals surface area (Å²) < 4.78 is 12.9. The lowest BCUT2D eigenvalue weighted by Crippen LogP contribution is -2.17. The van der Waals surface area contributed by atoms with Crippen LogP contribution in [0.1, 0.15) is 51.3 Å². The van der Waals surface area contributed by atoms with Crippen LogP contribution in [0.3, 0.4) is 0 Å². The number of ether oxygens (including phenoxy) is 1. The van der Waals surface area contributed by atoms with E-state index in [2.05, 4.69) is 22.5 Å². The molecule has 0 spiro atoms. The molecule has 8 nitrogen and oxygen atoms in total. The van der Waals surface area contributed by atoms with Crippen LogP contribution < -0.4 is 15.8 Å². The first-order valence-corrected chi connectivity index (χ1v) is 9.55. The van der Waals surface area contributed by atoms with Gasteiger partial charge in [0.25, 0.3) is 11.8 Å². The topological polar surface area (TPSA) is 112 Å². The molecule has 0 aliphatic heterocycles. The third-order valence-electron chi connectivity index (χ3n) is 4.90. The van der Waals surface area contributed by atoms with Crippen LogP contribution in [0, 0.1) is 0 Å². The van der Waals surface area contributed by atoms with E-state index in [1.807, 2.05) is 13.0 Å². The van der Waals surface area contributed by atoms with Crippen LogP contribution in [0.2, 0.25) is 0 Å². The number of aryl methyl sites for hydroxylation is 3. The number of aromatic nitrogens is 2. The standard InChI is InChI=1S/C21H22N4O4/c1-2-25-11-17(19(24-25)20(22)26)23-21(27)18-9-8-16(29-18)12-28-15-7-6-13-4-3-5-14(13)10-15/h6-11H,2-5,12H2,1H3,(H2,22,26)(H,23,27). The van der Waals surface area contributed by atoms with E-state index in [-0.39, 0.29) is 23.7 Å². The number of carbonyl (C=O) groups excluding carboxylic acids is 2. The number of carbonyl (C=O) groups is 2. The molecule has 1 aromatic carbocycles. The molecule has 1 aliphatic rings. The van der Waals surface area contributed by atoms with Gasteiger partial charge in [-0.3, -0.25) is 14.3 Å². The summed E-state index contributed by atoms with van der Waals surface area (Å²) in [6, 6.07) is 9.37. The van der Waals surface area contributed by atoms with E-state index >= 15 is 0 Å². The van der Waals surface area contributed by atoms with Gasteiger partial charge in [0.05, 0.1) is 5.69 Å². The van der Waals surface area contributed by atoms with Crippen LogP contribution in [0.4, 0.5) is 5.69 Å². The molecule has 2 amide bonds. The van der Waals surface area contributed by atoms with Gasteiger partial charge in [-0.25, -0.2) is 0 Å². The van der Waals surface area contributed by atoms with Gasteiger partial charge in [0.15, 0.2) is 11.5 Å². The molecule has 0 radical (unpaired) electrons. The summed E-state index contributed by atoms with van der Waals surface area (Å²) >= 11 is 0. The summed E-state index contributed by atoms with van der Waals surface area (Å²) in [7, 11) is 0. The van der Waals surface area contributed by atoms with Crippen LogP contribution in [0.15, 0.2) is 40.9 Å². The number of nitrogens with one attached hydrogen (secondary N) is 1. The van der Waals surface area contributed by atoms with Gasteiger partial charge in [-0.1, -0.05) is 6.07 Å². The molecule has 3 N–H and O–H groups in total. The van der Waals surface area contributed by atoms with Crippen LogP contribution in [0.5, 0.6) is 5.75 Å². The predicted molar refractivity (Wildman–Crippen MR) is 106 cm³/mol. The minimum Gasteiger partial charge on any atom is -0.486 e. The monoisotopic (exact) mass is 394 g/mol. The normalized spacial score (nSPS) is 12.6. The number of benzene rings is 1. The van der Waals surface area contributed by atoms with Crippen molar-refractivity contribution in [1.82, 2.24) is 9.78 Å². The van der Waals surface area contributed by atoms with E-state index in [0.717, 1.165) is 18.6 Å². The Labute approximate surface area is 167 Å². The number of nitrogens with two attached hydrogens (primary N) is 1. The fraction of sp³-hybridized carbons (Fsp3) is 0.286. The predicted octanol–water partition coefficient (Wildman–Crippen LogP) is 2.91. The molecule has 2 aromatic heterocycles. The quantitative estimate of drug-likeness (QED) is 0.640. The largest absolute Gasteiger partial charge is 0.486 e. The number of primary amides is 1. The summed E-state index contributed by atoms with van der Waals surface area (Å²) in [5.74, 6) is 0.209. The van der Waals surface area contributed by atoms with Crippen molar-refractivity contribution in [3.05, 3.63) is 64.9 Å². The van der Waals surface area contributed by atoms with Crippen molar-refractivity contribution < 1.29 is 18.7 Å². The van der Waals surface area contributed by atoms with E-state index in [0.29, 0.717) is 12.3 Å². The Balaban J connectivity index is 1.40. The lowest BCUT2D eigenvalue weighted by Gasteiger charge is -2.06. The number of nitrogens with zero attached hydrogens (tertiary/aromatic N) is 2. The highest BCUT2D eigenvalue weighted by atomic mass is 16.5. The van der Waals surface area contributed by atoms with Gasteiger partial charge in [0.1, 0.15) is 18.1 Å². The van der Waals surface area contributed by atoms with Crippen molar-refractivity contribution in [2.45, 2.75) is 39.3 Å². The Kier molecular flexibility index (Phi) is 5.07. The van der Waals surface area contributed by atoms with E-state index in [4.69, 9.17) is 14.9 Å². The first-order chi connectivity index (χ1) is 14.0. The summed E-state index contributed by atoms with van der Waals surface area (Å²) in [5.41, 5.74) is 8.30. The van der Waals surface area contributed by atoms with Crippen molar-refractivity contribution in [3.63, 3.8) is 0 Å². The van der Waals surface area contributed by atoms with Gasteiger partial charge in [-0.15, -0.1) is 0 Å². The van der Waals surface area contributed by atoms with Gasteiger partial charge in [-0.05, 0) is 61.6 Å². The van der Waals surface area contributed by atoms with E-state index in [9.17, 15) is 9.59 Å². The maximum absolute atomic E-state index is 12.5. The number of anilines is 1. The summed E-state index contributed by atoms with van der Waals surface area (Å²) in [6.45, 7) is 2.62. The van der Waals surface area contributed by atoms with Crippen molar-refractivity contribution in [2.75, 3.05) is 5.32 Å². The molecule has 4 rings (SSSR count). The average molecular weight is 394 g/mol. The molecule has 0 atom stereocenters. The first-order valence-electron chi connectivity index (χ1n) is 9.55. The maximum atomic E-state index is 12.5. The highest BCUT2D eigenvalue weighted by Gasteiger charge is 2.19. The molecule has 29 heavy (non-hydrogen) atoms. The van der Waals surface area contributed by atoms with Crippen molar-refractivity contribution in [3.8, 4) is 5.75 Å². The first kappa shape index (κ1) is 18.8.